The maximum atomic E-state index is 13.8. The fourth-order valence-electron chi connectivity index (χ4n) is 4.59. The van der Waals surface area contributed by atoms with Crippen LogP contribution in [0, 0.1) is 17.1 Å². The summed E-state index contributed by atoms with van der Waals surface area (Å²) in [5.74, 6) is -0.854. The summed E-state index contributed by atoms with van der Waals surface area (Å²) in [7, 11) is 0. The Hall–Kier alpha value is -3.56. The van der Waals surface area contributed by atoms with E-state index in [2.05, 4.69) is 11.1 Å². The zero-order chi connectivity index (χ0) is 21.7. The van der Waals surface area contributed by atoms with Gasteiger partial charge in [-0.25, -0.2) is 4.39 Å². The molecule has 2 aliphatic rings. The Kier molecular flexibility index (Phi) is 4.57. The number of nitrogens with one attached hydrogen (secondary N) is 1. The molecule has 31 heavy (non-hydrogen) atoms. The number of H-pyrrole nitrogens is 1. The summed E-state index contributed by atoms with van der Waals surface area (Å²) < 4.78 is 13.8. The monoisotopic (exact) mass is 432 g/mol. The molecule has 7 heteroatoms. The van der Waals surface area contributed by atoms with Crippen molar-refractivity contribution in [1.82, 2.24) is 4.98 Å². The highest BCUT2D eigenvalue weighted by Crippen LogP contribution is 2.46. The van der Waals surface area contributed by atoms with Crippen LogP contribution < -0.4 is 10.6 Å². The number of hydrogen-bond acceptors (Lipinski definition) is 4. The number of halogens is 2. The number of allylic oxidation sites excluding steroid dienone is 3. The SMILES string of the molecule is N#CC1=C(N)N(c2ccc(F)c(Cl)c2)C2=C(C(=O)CCC2)C1c1ccc2[nH]ccc2c1. The summed E-state index contributed by atoms with van der Waals surface area (Å²) in [6.07, 6.45) is 3.57. The van der Waals surface area contributed by atoms with Crippen LogP contribution in [0.5, 0.6) is 0 Å². The first-order chi connectivity index (χ1) is 15.0. The van der Waals surface area contributed by atoms with Crippen LogP contribution in [-0.2, 0) is 4.79 Å². The number of aromatic amines is 1. The molecule has 0 saturated heterocycles. The number of Topliss-reactive ketones (excluding diaryl/α,β-unsaturated/α-hetero) is 1. The number of benzene rings is 2. The Balaban J connectivity index is 1.75. The Morgan fingerprint density at radius 3 is 2.81 bits per heavy atom. The van der Waals surface area contributed by atoms with Crippen molar-refractivity contribution < 1.29 is 9.18 Å². The third-order valence-corrected chi connectivity index (χ3v) is 6.28. The lowest BCUT2D eigenvalue weighted by atomic mass is 9.75. The van der Waals surface area contributed by atoms with Crippen LogP contribution in [0.2, 0.25) is 5.02 Å². The molecule has 0 bridgehead atoms. The van der Waals surface area contributed by atoms with Crippen LogP contribution in [-0.4, -0.2) is 10.8 Å². The van der Waals surface area contributed by atoms with Gasteiger partial charge in [0.05, 0.1) is 22.6 Å². The molecule has 1 aliphatic carbocycles. The van der Waals surface area contributed by atoms with Crippen LogP contribution in [0.4, 0.5) is 10.1 Å². The average Bonchev–Trinajstić information content (AvgIpc) is 3.23. The normalized spacial score (nSPS) is 19.1. The number of rotatable bonds is 2. The number of anilines is 1. The Morgan fingerprint density at radius 2 is 2.03 bits per heavy atom. The number of carbonyl (C=O) groups is 1. The molecule has 1 aliphatic heterocycles. The van der Waals surface area contributed by atoms with E-state index in [1.54, 1.807) is 11.0 Å². The first-order valence-electron chi connectivity index (χ1n) is 9.98. The van der Waals surface area contributed by atoms with Crippen molar-refractivity contribution in [3.63, 3.8) is 0 Å². The predicted octanol–water partition coefficient (Wildman–Crippen LogP) is 5.27. The summed E-state index contributed by atoms with van der Waals surface area (Å²) in [5, 5.41) is 11.0. The highest BCUT2D eigenvalue weighted by molar-refractivity contribution is 6.31. The Morgan fingerprint density at radius 1 is 1.19 bits per heavy atom. The van der Waals surface area contributed by atoms with Gasteiger partial charge in [-0.2, -0.15) is 5.26 Å². The molecule has 5 rings (SSSR count). The standard InChI is InChI=1S/C24H18ClFN4O/c25-17-11-15(5-6-18(17)26)30-20-2-1-3-21(31)23(20)22(16(12-27)24(30)28)14-4-7-19-13(10-14)8-9-29-19/h4-11,22,29H,1-3,28H2. The molecule has 0 fully saturated rings. The molecule has 154 valence electrons. The second kappa shape index (κ2) is 7.29. The summed E-state index contributed by atoms with van der Waals surface area (Å²) in [6.45, 7) is 0. The van der Waals surface area contributed by atoms with Gasteiger partial charge in [0.1, 0.15) is 11.6 Å². The number of carbonyl (C=O) groups excluding carboxylic acids is 1. The van der Waals surface area contributed by atoms with Crippen LogP contribution in [0.3, 0.4) is 0 Å². The van der Waals surface area contributed by atoms with Gasteiger partial charge in [-0.15, -0.1) is 0 Å². The van der Waals surface area contributed by atoms with Crippen molar-refractivity contribution in [1.29, 1.82) is 5.26 Å². The summed E-state index contributed by atoms with van der Waals surface area (Å²) in [6, 6.07) is 14.3. The van der Waals surface area contributed by atoms with E-state index < -0.39 is 11.7 Å². The molecule has 1 atom stereocenters. The van der Waals surface area contributed by atoms with Gasteiger partial charge in [0.2, 0.25) is 0 Å². The van der Waals surface area contributed by atoms with Crippen molar-refractivity contribution in [2.24, 2.45) is 5.73 Å². The van der Waals surface area contributed by atoms with Crippen LogP contribution in [0.1, 0.15) is 30.7 Å². The topological polar surface area (TPSA) is 85.9 Å². The van der Waals surface area contributed by atoms with Gasteiger partial charge in [0.25, 0.3) is 0 Å². The van der Waals surface area contributed by atoms with Crippen molar-refractivity contribution in [2.45, 2.75) is 25.2 Å². The van der Waals surface area contributed by atoms with Crippen molar-refractivity contribution >= 4 is 34.0 Å². The molecule has 1 aromatic heterocycles. The average molecular weight is 433 g/mol. The maximum Gasteiger partial charge on any atom is 0.161 e. The number of hydrogen-bond donors (Lipinski definition) is 2. The van der Waals surface area contributed by atoms with Gasteiger partial charge in [-0.3, -0.25) is 9.69 Å². The third kappa shape index (κ3) is 3.01. The number of nitriles is 1. The van der Waals surface area contributed by atoms with Gasteiger partial charge in [-0.1, -0.05) is 17.7 Å². The lowest BCUT2D eigenvalue weighted by Crippen LogP contribution is -2.38. The first kappa shape index (κ1) is 19.4. The van der Waals surface area contributed by atoms with Gasteiger partial charge in [-0.05, 0) is 60.2 Å². The molecular weight excluding hydrogens is 415 g/mol. The smallest absolute Gasteiger partial charge is 0.161 e. The van der Waals surface area contributed by atoms with E-state index in [0.717, 1.165) is 22.2 Å². The Bertz CT molecular complexity index is 1350. The van der Waals surface area contributed by atoms with E-state index in [-0.39, 0.29) is 16.6 Å². The lowest BCUT2D eigenvalue weighted by Gasteiger charge is -2.39. The molecule has 0 saturated carbocycles. The number of aromatic nitrogens is 1. The third-order valence-electron chi connectivity index (χ3n) is 5.99. The highest BCUT2D eigenvalue weighted by atomic mass is 35.5. The Labute approximate surface area is 183 Å². The molecule has 1 unspecified atom stereocenters. The number of nitrogens with two attached hydrogens (primary N) is 1. The maximum absolute atomic E-state index is 13.8. The van der Waals surface area contributed by atoms with E-state index in [1.165, 1.54) is 12.1 Å². The van der Waals surface area contributed by atoms with E-state index in [4.69, 9.17) is 17.3 Å². The summed E-state index contributed by atoms with van der Waals surface area (Å²) >= 11 is 6.01. The molecule has 0 radical (unpaired) electrons. The fraction of sp³-hybridized carbons (Fsp3) is 0.167. The zero-order valence-corrected chi connectivity index (χ0v) is 17.2. The van der Waals surface area contributed by atoms with E-state index >= 15 is 0 Å². The zero-order valence-electron chi connectivity index (χ0n) is 16.5. The first-order valence-corrected chi connectivity index (χ1v) is 10.4. The second-order valence-electron chi connectivity index (χ2n) is 7.74. The molecule has 2 heterocycles. The summed E-state index contributed by atoms with van der Waals surface area (Å²) in [4.78, 5) is 18.0. The van der Waals surface area contributed by atoms with Gasteiger partial charge in [0.15, 0.2) is 5.78 Å². The molecule has 3 N–H and O–H groups in total. The molecular formula is C24H18ClFN4O. The summed E-state index contributed by atoms with van der Waals surface area (Å²) in [5.41, 5.74) is 10.5. The number of fused-ring (bicyclic) bond motifs is 1. The van der Waals surface area contributed by atoms with Crippen LogP contribution in [0.15, 0.2) is 71.3 Å². The minimum Gasteiger partial charge on any atom is -0.384 e. The van der Waals surface area contributed by atoms with Gasteiger partial charge < -0.3 is 10.7 Å². The van der Waals surface area contributed by atoms with E-state index in [9.17, 15) is 14.4 Å². The van der Waals surface area contributed by atoms with Gasteiger partial charge in [0, 0.05) is 35.1 Å². The lowest BCUT2D eigenvalue weighted by molar-refractivity contribution is -0.116. The second-order valence-corrected chi connectivity index (χ2v) is 8.15. The fourth-order valence-corrected chi connectivity index (χ4v) is 4.76. The van der Waals surface area contributed by atoms with Crippen LogP contribution >= 0.6 is 11.6 Å². The highest BCUT2D eigenvalue weighted by Gasteiger charge is 2.40. The molecule has 2 aromatic carbocycles. The predicted molar refractivity (Wildman–Crippen MR) is 118 cm³/mol. The van der Waals surface area contributed by atoms with Crippen molar-refractivity contribution in [3.8, 4) is 6.07 Å². The van der Waals surface area contributed by atoms with Crippen molar-refractivity contribution in [3.05, 3.63) is 87.7 Å². The molecule has 5 nitrogen and oxygen atoms in total. The largest absolute Gasteiger partial charge is 0.384 e. The number of ketones is 1. The van der Waals surface area contributed by atoms with Crippen molar-refractivity contribution in [2.75, 3.05) is 4.90 Å². The van der Waals surface area contributed by atoms with E-state index in [1.807, 2.05) is 30.5 Å². The van der Waals surface area contributed by atoms with E-state index in [0.29, 0.717) is 36.1 Å². The van der Waals surface area contributed by atoms with Crippen LogP contribution in [0.25, 0.3) is 10.9 Å². The molecule has 3 aromatic rings. The van der Waals surface area contributed by atoms with Gasteiger partial charge >= 0.3 is 0 Å². The number of nitrogens with zero attached hydrogens (tertiary/aromatic N) is 2. The minimum absolute atomic E-state index is 0.00104. The molecule has 0 amide bonds. The quantitative estimate of drug-likeness (QED) is 0.578. The molecule has 0 spiro atoms. The minimum atomic E-state index is -0.544.